The summed E-state index contributed by atoms with van der Waals surface area (Å²) >= 11 is 0. The van der Waals surface area contributed by atoms with Crippen LogP contribution in [-0.2, 0) is 0 Å². The van der Waals surface area contributed by atoms with Crippen molar-refractivity contribution in [3.05, 3.63) is 0 Å². The van der Waals surface area contributed by atoms with Crippen molar-refractivity contribution in [2.45, 2.75) is 29.6 Å². The Kier molecular flexibility index (Phi) is 0.765. The van der Waals surface area contributed by atoms with Crippen molar-refractivity contribution in [3.63, 3.8) is 0 Å². The molecule has 0 aromatic rings. The first kappa shape index (κ1) is 8.13. The van der Waals surface area contributed by atoms with Gasteiger partial charge in [-0.05, 0) is 60.2 Å². The lowest BCUT2D eigenvalue weighted by atomic mass is 9.59. The Morgan fingerprint density at radius 2 is 1.59 bits per heavy atom. The average molecular weight is 232 g/mol. The van der Waals surface area contributed by atoms with E-state index in [0.717, 1.165) is 12.8 Å². The molecule has 90 valence electrons. The Labute approximate surface area is 98.8 Å². The minimum absolute atomic E-state index is 0.00722. The summed E-state index contributed by atoms with van der Waals surface area (Å²) in [6.07, 6.45) is 2.07. The van der Waals surface area contributed by atoms with E-state index in [1.54, 1.807) is 0 Å². The van der Waals surface area contributed by atoms with E-state index < -0.39 is 16.8 Å². The molecule has 0 spiro atoms. The topological polar surface area (TPSA) is 60.7 Å². The molecule has 9 rings (SSSR count). The van der Waals surface area contributed by atoms with E-state index in [9.17, 15) is 15.3 Å². The Hall–Kier alpha value is -0.120. The third-order valence-corrected chi connectivity index (χ3v) is 8.66. The number of hydrogen-bond donors (Lipinski definition) is 3. The molecule has 0 radical (unpaired) electrons. The summed E-state index contributed by atoms with van der Waals surface area (Å²) in [5.74, 6) is 3.26. The lowest BCUT2D eigenvalue weighted by molar-refractivity contribution is -0.246. The van der Waals surface area contributed by atoms with Crippen LogP contribution in [0.15, 0.2) is 0 Å². The maximum Gasteiger partial charge on any atom is 0.103 e. The molecular formula is C14H16O3. The second kappa shape index (κ2) is 1.60. The van der Waals surface area contributed by atoms with Crippen molar-refractivity contribution in [2.75, 3.05) is 0 Å². The van der Waals surface area contributed by atoms with E-state index in [1.807, 2.05) is 0 Å². The minimum Gasteiger partial charge on any atom is -0.389 e. The van der Waals surface area contributed by atoms with Gasteiger partial charge in [0, 0.05) is 5.92 Å². The van der Waals surface area contributed by atoms with Crippen molar-refractivity contribution in [3.8, 4) is 0 Å². The summed E-state index contributed by atoms with van der Waals surface area (Å²) in [6, 6.07) is 0. The zero-order valence-corrected chi connectivity index (χ0v) is 9.45. The summed E-state index contributed by atoms with van der Waals surface area (Å²) in [4.78, 5) is 0. The molecule has 9 saturated carbocycles. The van der Waals surface area contributed by atoms with Gasteiger partial charge in [0.2, 0.25) is 0 Å². The second-order valence-corrected chi connectivity index (χ2v) is 8.18. The lowest BCUT2D eigenvalue weighted by Gasteiger charge is -2.53. The highest BCUT2D eigenvalue weighted by molar-refractivity contribution is 5.50. The predicted octanol–water partition coefficient (Wildman–Crippen LogP) is -0.399. The fourth-order valence-corrected chi connectivity index (χ4v) is 8.77. The standard InChI is InChI=1S/C14H16O3/c15-12-6-2-4-9(12)10(4)14(6,17)13(16)5-1-3-7(8(3)13)11(5)12/h3-11,15-17H,1-2H2/t3-,4+,5-,6+,7+,8+,9-,10-,11-,12-,13-,14+/m1/s1. The van der Waals surface area contributed by atoms with Crippen LogP contribution in [0.5, 0.6) is 0 Å². The quantitative estimate of drug-likeness (QED) is 0.532. The van der Waals surface area contributed by atoms with Crippen molar-refractivity contribution in [1.29, 1.82) is 0 Å². The Balaban J connectivity index is 1.66. The molecule has 3 heteroatoms. The van der Waals surface area contributed by atoms with Crippen LogP contribution in [0.25, 0.3) is 0 Å². The monoisotopic (exact) mass is 232 g/mol. The molecule has 3 nitrogen and oxygen atoms in total. The highest BCUT2D eigenvalue weighted by Gasteiger charge is 3.02. The molecule has 0 aliphatic heterocycles. The summed E-state index contributed by atoms with van der Waals surface area (Å²) in [6.45, 7) is 0. The zero-order valence-electron chi connectivity index (χ0n) is 9.45. The van der Waals surface area contributed by atoms with Gasteiger partial charge in [-0.2, -0.15) is 0 Å². The molecule has 0 amide bonds. The van der Waals surface area contributed by atoms with Gasteiger partial charge in [-0.1, -0.05) is 0 Å². The Morgan fingerprint density at radius 3 is 2.29 bits per heavy atom. The van der Waals surface area contributed by atoms with Gasteiger partial charge in [0.05, 0.1) is 5.60 Å². The van der Waals surface area contributed by atoms with Crippen LogP contribution in [0, 0.1) is 53.3 Å². The van der Waals surface area contributed by atoms with Crippen LogP contribution in [0.4, 0.5) is 0 Å². The molecule has 0 aromatic carbocycles. The third-order valence-electron chi connectivity index (χ3n) is 8.66. The van der Waals surface area contributed by atoms with Crippen molar-refractivity contribution >= 4 is 0 Å². The normalized spacial score (nSPS) is 94.4. The molecule has 9 aliphatic carbocycles. The molecule has 0 heterocycles. The molecule has 12 bridgehead atoms. The molecule has 0 saturated heterocycles. The van der Waals surface area contributed by atoms with Gasteiger partial charge in [0.15, 0.2) is 0 Å². The number of aliphatic hydroxyl groups is 3. The lowest BCUT2D eigenvalue weighted by Crippen LogP contribution is -2.67. The number of hydrogen-bond acceptors (Lipinski definition) is 3. The second-order valence-electron chi connectivity index (χ2n) is 8.18. The first-order valence-electron chi connectivity index (χ1n) is 7.24. The number of rotatable bonds is 0. The third kappa shape index (κ3) is 0.405. The minimum atomic E-state index is -0.900. The maximum absolute atomic E-state index is 11.2. The molecule has 0 aromatic heterocycles. The molecule has 17 heavy (non-hydrogen) atoms. The van der Waals surface area contributed by atoms with Gasteiger partial charge in [-0.25, -0.2) is 0 Å². The average Bonchev–Trinajstić information content (AvgIpc) is 2.87. The molecule has 0 unspecified atom stereocenters. The van der Waals surface area contributed by atoms with E-state index in [1.165, 1.54) is 0 Å². The summed E-state index contributed by atoms with van der Waals surface area (Å²) in [7, 11) is 0. The first-order chi connectivity index (χ1) is 8.07. The molecule has 12 atom stereocenters. The van der Waals surface area contributed by atoms with Crippen LogP contribution in [0.3, 0.4) is 0 Å². The summed E-state index contributed by atoms with van der Waals surface area (Å²) in [5.41, 5.74) is -2.27. The van der Waals surface area contributed by atoms with Gasteiger partial charge in [-0.15, -0.1) is 0 Å². The van der Waals surface area contributed by atoms with Gasteiger partial charge in [-0.3, -0.25) is 0 Å². The molecule has 9 fully saturated rings. The SMILES string of the molecule is O[C@@]12[C@@H]3[C@@H]4C[C@@H]1[C@](O)([C@H]43)[C@]1(O)[C@H]3[C@@H]4C[C@@H]1[C@@H]2[C@@H]43. The zero-order chi connectivity index (χ0) is 11.1. The molecule has 9 aliphatic rings. The summed E-state index contributed by atoms with van der Waals surface area (Å²) < 4.78 is 0. The maximum atomic E-state index is 11.2. The fraction of sp³-hybridized carbons (Fsp3) is 1.00. The van der Waals surface area contributed by atoms with Crippen molar-refractivity contribution < 1.29 is 15.3 Å². The van der Waals surface area contributed by atoms with Gasteiger partial charge >= 0.3 is 0 Å². The van der Waals surface area contributed by atoms with Crippen LogP contribution in [0.2, 0.25) is 0 Å². The van der Waals surface area contributed by atoms with E-state index in [2.05, 4.69) is 0 Å². The predicted molar refractivity (Wildman–Crippen MR) is 55.5 cm³/mol. The molecular weight excluding hydrogens is 216 g/mol. The van der Waals surface area contributed by atoms with Crippen LogP contribution < -0.4 is 0 Å². The van der Waals surface area contributed by atoms with E-state index in [-0.39, 0.29) is 17.8 Å². The highest BCUT2D eigenvalue weighted by Crippen LogP contribution is 2.95. The van der Waals surface area contributed by atoms with E-state index >= 15 is 0 Å². The fourth-order valence-electron chi connectivity index (χ4n) is 8.77. The highest BCUT2D eigenvalue weighted by atomic mass is 16.4. The van der Waals surface area contributed by atoms with Gasteiger partial charge in [0.1, 0.15) is 11.2 Å². The van der Waals surface area contributed by atoms with Crippen LogP contribution in [0.1, 0.15) is 12.8 Å². The van der Waals surface area contributed by atoms with Crippen molar-refractivity contribution in [1.82, 2.24) is 0 Å². The Bertz CT molecular complexity index is 534. The molecule has 3 N–H and O–H groups in total. The summed E-state index contributed by atoms with van der Waals surface area (Å²) in [5, 5.41) is 33.7. The van der Waals surface area contributed by atoms with Crippen molar-refractivity contribution in [2.24, 2.45) is 53.3 Å². The largest absolute Gasteiger partial charge is 0.389 e. The van der Waals surface area contributed by atoms with Gasteiger partial charge in [0.25, 0.3) is 0 Å². The smallest absolute Gasteiger partial charge is 0.103 e. The van der Waals surface area contributed by atoms with Crippen LogP contribution in [-0.4, -0.2) is 32.1 Å². The van der Waals surface area contributed by atoms with E-state index in [4.69, 9.17) is 0 Å². The van der Waals surface area contributed by atoms with Gasteiger partial charge < -0.3 is 15.3 Å². The van der Waals surface area contributed by atoms with E-state index in [0.29, 0.717) is 35.5 Å². The van der Waals surface area contributed by atoms with Crippen LogP contribution >= 0.6 is 0 Å². The Morgan fingerprint density at radius 1 is 0.765 bits per heavy atom. The first-order valence-corrected chi connectivity index (χ1v) is 7.24.